The van der Waals surface area contributed by atoms with Gasteiger partial charge in [0.05, 0.1) is 6.04 Å². The number of carbonyl (C=O) groups excluding carboxylic acids is 1. The van der Waals surface area contributed by atoms with Crippen LogP contribution < -0.4 is 5.32 Å². The summed E-state index contributed by atoms with van der Waals surface area (Å²) in [7, 11) is 0. The van der Waals surface area contributed by atoms with Gasteiger partial charge in [0.25, 0.3) is 0 Å². The summed E-state index contributed by atoms with van der Waals surface area (Å²) in [4.78, 5) is 13.0. The molecule has 1 amide bonds. The van der Waals surface area contributed by atoms with E-state index in [0.29, 0.717) is 5.88 Å². The summed E-state index contributed by atoms with van der Waals surface area (Å²) in [5.41, 5.74) is 0. The molecule has 1 aromatic heterocycles. The third kappa shape index (κ3) is 3.80. The van der Waals surface area contributed by atoms with Crippen molar-refractivity contribution in [2.75, 3.05) is 5.88 Å². The van der Waals surface area contributed by atoms with Crippen molar-refractivity contribution in [3.63, 3.8) is 0 Å². The monoisotopic (exact) mass is 259 g/mol. The molecule has 0 saturated heterocycles. The van der Waals surface area contributed by atoms with Crippen LogP contribution in [-0.2, 0) is 4.79 Å². The molecule has 16 heavy (non-hydrogen) atoms. The zero-order chi connectivity index (χ0) is 12.0. The zero-order valence-corrected chi connectivity index (χ0v) is 11.3. The summed E-state index contributed by atoms with van der Waals surface area (Å²) < 4.78 is 0. The fourth-order valence-corrected chi connectivity index (χ4v) is 2.40. The van der Waals surface area contributed by atoms with Gasteiger partial charge in [-0.2, -0.15) is 0 Å². The van der Waals surface area contributed by atoms with Gasteiger partial charge in [-0.05, 0) is 17.9 Å². The second kappa shape index (κ2) is 6.92. The summed E-state index contributed by atoms with van der Waals surface area (Å²) >= 11 is 7.36. The number of rotatable bonds is 6. The molecule has 90 valence electrons. The molecule has 1 N–H and O–H groups in total. The Bertz CT molecular complexity index is 313. The average molecular weight is 260 g/mol. The first kappa shape index (κ1) is 13.5. The molecule has 0 bridgehead atoms. The topological polar surface area (TPSA) is 29.1 Å². The summed E-state index contributed by atoms with van der Waals surface area (Å²) in [6.07, 6.45) is 2.03. The van der Waals surface area contributed by atoms with Crippen molar-refractivity contribution in [3.05, 3.63) is 22.4 Å². The number of thiophene rings is 1. The Kier molecular flexibility index (Phi) is 5.85. The Balaban J connectivity index is 2.62. The van der Waals surface area contributed by atoms with Crippen LogP contribution in [0.15, 0.2) is 17.5 Å². The summed E-state index contributed by atoms with van der Waals surface area (Å²) in [6, 6.07) is 4.22. The van der Waals surface area contributed by atoms with Crippen LogP contribution in [0, 0.1) is 5.92 Å². The SMILES string of the molecule is CCCC(NC(=O)C(C)CCl)c1cccs1. The Hall–Kier alpha value is -0.540. The smallest absolute Gasteiger partial charge is 0.224 e. The number of nitrogens with one attached hydrogen (secondary N) is 1. The Labute approximate surface area is 106 Å². The molecular weight excluding hydrogens is 242 g/mol. The van der Waals surface area contributed by atoms with Gasteiger partial charge in [-0.1, -0.05) is 26.3 Å². The molecule has 0 spiro atoms. The van der Waals surface area contributed by atoms with Gasteiger partial charge in [-0.3, -0.25) is 4.79 Å². The van der Waals surface area contributed by atoms with Crippen molar-refractivity contribution in [1.82, 2.24) is 5.32 Å². The largest absolute Gasteiger partial charge is 0.348 e. The first-order valence-corrected chi connectivity index (χ1v) is 7.00. The van der Waals surface area contributed by atoms with E-state index in [4.69, 9.17) is 11.6 Å². The molecule has 2 unspecified atom stereocenters. The van der Waals surface area contributed by atoms with Gasteiger partial charge in [-0.25, -0.2) is 0 Å². The molecular formula is C12H18ClNOS. The van der Waals surface area contributed by atoms with Crippen molar-refractivity contribution in [3.8, 4) is 0 Å². The lowest BCUT2D eigenvalue weighted by Gasteiger charge is -2.18. The van der Waals surface area contributed by atoms with Crippen LogP contribution in [0.1, 0.15) is 37.6 Å². The number of hydrogen-bond donors (Lipinski definition) is 1. The highest BCUT2D eigenvalue weighted by Crippen LogP contribution is 2.23. The van der Waals surface area contributed by atoms with Crippen molar-refractivity contribution in [2.45, 2.75) is 32.7 Å². The molecule has 0 radical (unpaired) electrons. The number of hydrogen-bond acceptors (Lipinski definition) is 2. The second-order valence-corrected chi connectivity index (χ2v) is 5.21. The maximum Gasteiger partial charge on any atom is 0.224 e. The predicted molar refractivity (Wildman–Crippen MR) is 70.0 cm³/mol. The lowest BCUT2D eigenvalue weighted by Crippen LogP contribution is -2.33. The highest BCUT2D eigenvalue weighted by Gasteiger charge is 2.18. The third-order valence-electron chi connectivity index (χ3n) is 2.46. The van der Waals surface area contributed by atoms with E-state index in [2.05, 4.69) is 18.3 Å². The predicted octanol–water partition coefficient (Wildman–Crippen LogP) is 3.58. The van der Waals surface area contributed by atoms with Crippen molar-refractivity contribution < 1.29 is 4.79 Å². The highest BCUT2D eigenvalue weighted by atomic mass is 35.5. The molecule has 0 fully saturated rings. The molecule has 2 atom stereocenters. The fraction of sp³-hybridized carbons (Fsp3) is 0.583. The van der Waals surface area contributed by atoms with Crippen molar-refractivity contribution in [2.24, 2.45) is 5.92 Å². The first-order valence-electron chi connectivity index (χ1n) is 5.58. The van der Waals surface area contributed by atoms with Crippen LogP contribution >= 0.6 is 22.9 Å². The average Bonchev–Trinajstić information content (AvgIpc) is 2.80. The van der Waals surface area contributed by atoms with E-state index in [1.807, 2.05) is 18.4 Å². The lowest BCUT2D eigenvalue weighted by molar-refractivity contribution is -0.124. The standard InChI is InChI=1S/C12H18ClNOS/c1-3-5-10(11-6-4-7-16-11)14-12(15)9(2)8-13/h4,6-7,9-10H,3,5,8H2,1-2H3,(H,14,15). The van der Waals surface area contributed by atoms with Gasteiger partial charge < -0.3 is 5.32 Å². The highest BCUT2D eigenvalue weighted by molar-refractivity contribution is 7.10. The quantitative estimate of drug-likeness (QED) is 0.778. The minimum absolute atomic E-state index is 0.0434. The molecule has 1 rings (SSSR count). The molecule has 0 aliphatic carbocycles. The number of halogens is 1. The van der Waals surface area contributed by atoms with Crippen LogP contribution in [0.3, 0.4) is 0 Å². The van der Waals surface area contributed by atoms with E-state index in [-0.39, 0.29) is 17.9 Å². The summed E-state index contributed by atoms with van der Waals surface area (Å²) in [5.74, 6) is 0.289. The minimum Gasteiger partial charge on any atom is -0.348 e. The molecule has 1 heterocycles. The Morgan fingerprint density at radius 3 is 2.88 bits per heavy atom. The Morgan fingerprint density at radius 1 is 1.62 bits per heavy atom. The Morgan fingerprint density at radius 2 is 2.38 bits per heavy atom. The van der Waals surface area contributed by atoms with Crippen molar-refractivity contribution in [1.29, 1.82) is 0 Å². The van der Waals surface area contributed by atoms with Gasteiger partial charge in [0.1, 0.15) is 0 Å². The van der Waals surface area contributed by atoms with Crippen LogP contribution in [0.5, 0.6) is 0 Å². The van der Waals surface area contributed by atoms with E-state index in [0.717, 1.165) is 12.8 Å². The van der Waals surface area contributed by atoms with E-state index < -0.39 is 0 Å². The van der Waals surface area contributed by atoms with Gasteiger partial charge in [0, 0.05) is 16.7 Å². The van der Waals surface area contributed by atoms with E-state index in [1.54, 1.807) is 11.3 Å². The van der Waals surface area contributed by atoms with Crippen LogP contribution in [0.25, 0.3) is 0 Å². The van der Waals surface area contributed by atoms with Crippen LogP contribution in [-0.4, -0.2) is 11.8 Å². The van der Waals surface area contributed by atoms with Gasteiger partial charge in [0.15, 0.2) is 0 Å². The van der Waals surface area contributed by atoms with Crippen LogP contribution in [0.4, 0.5) is 0 Å². The number of carbonyl (C=O) groups is 1. The van der Waals surface area contributed by atoms with Crippen LogP contribution in [0.2, 0.25) is 0 Å². The van der Waals surface area contributed by atoms with E-state index in [9.17, 15) is 4.79 Å². The molecule has 2 nitrogen and oxygen atoms in total. The minimum atomic E-state index is -0.124. The molecule has 0 saturated carbocycles. The molecule has 0 aliphatic rings. The molecule has 0 aromatic carbocycles. The van der Waals surface area contributed by atoms with Gasteiger partial charge >= 0.3 is 0 Å². The molecule has 4 heteroatoms. The van der Waals surface area contributed by atoms with E-state index >= 15 is 0 Å². The van der Waals surface area contributed by atoms with Crippen molar-refractivity contribution >= 4 is 28.8 Å². The summed E-state index contributed by atoms with van der Waals surface area (Å²) in [5, 5.41) is 5.09. The normalized spacial score (nSPS) is 14.4. The third-order valence-corrected chi connectivity index (χ3v) is 3.91. The lowest BCUT2D eigenvalue weighted by atomic mass is 10.1. The van der Waals surface area contributed by atoms with E-state index in [1.165, 1.54) is 4.88 Å². The summed E-state index contributed by atoms with van der Waals surface area (Å²) in [6.45, 7) is 3.97. The number of alkyl halides is 1. The maximum absolute atomic E-state index is 11.8. The van der Waals surface area contributed by atoms with Gasteiger partial charge in [-0.15, -0.1) is 22.9 Å². The fourth-order valence-electron chi connectivity index (χ4n) is 1.45. The molecule has 0 aliphatic heterocycles. The van der Waals surface area contributed by atoms with Gasteiger partial charge in [0.2, 0.25) is 5.91 Å². The number of amides is 1. The first-order chi connectivity index (χ1) is 7.69. The zero-order valence-electron chi connectivity index (χ0n) is 9.70. The second-order valence-electron chi connectivity index (χ2n) is 3.92. The maximum atomic E-state index is 11.8. The molecule has 1 aromatic rings.